The zero-order chi connectivity index (χ0) is 25.2. The van der Waals surface area contributed by atoms with E-state index in [0.29, 0.717) is 39.6 Å². The van der Waals surface area contributed by atoms with Gasteiger partial charge in [-0.2, -0.15) is 0 Å². The summed E-state index contributed by atoms with van der Waals surface area (Å²) in [5.41, 5.74) is 1.72. The Labute approximate surface area is 213 Å². The van der Waals surface area contributed by atoms with E-state index in [1.165, 1.54) is 6.33 Å². The number of benzene rings is 2. The molecule has 9 heteroatoms. The number of hydrogen-bond donors (Lipinski definition) is 2. The second-order valence-corrected chi connectivity index (χ2v) is 9.27. The fourth-order valence-corrected chi connectivity index (χ4v) is 4.86. The van der Waals surface area contributed by atoms with Crippen LogP contribution in [0.1, 0.15) is 59.3 Å². The number of nitrogens with zero attached hydrogens (tertiary/aromatic N) is 4. The number of para-hydroxylation sites is 1. The summed E-state index contributed by atoms with van der Waals surface area (Å²) >= 11 is 0. The van der Waals surface area contributed by atoms with Gasteiger partial charge in [-0.3, -0.25) is 4.79 Å². The number of aromatic nitrogens is 5. The number of aromatic amines is 1. The maximum absolute atomic E-state index is 13.5. The first-order valence-electron chi connectivity index (χ1n) is 12.4. The molecule has 9 nitrogen and oxygen atoms in total. The molecule has 0 atom stereocenters. The van der Waals surface area contributed by atoms with Crippen molar-refractivity contribution in [2.45, 2.75) is 44.6 Å². The number of ketones is 1. The molecule has 2 N–H and O–H groups in total. The summed E-state index contributed by atoms with van der Waals surface area (Å²) in [7, 11) is 0. The van der Waals surface area contributed by atoms with E-state index < -0.39 is 0 Å². The van der Waals surface area contributed by atoms with Crippen LogP contribution in [0.2, 0.25) is 0 Å². The van der Waals surface area contributed by atoms with Crippen LogP contribution in [0.5, 0.6) is 11.5 Å². The van der Waals surface area contributed by atoms with Gasteiger partial charge in [-0.1, -0.05) is 18.2 Å². The number of rotatable bonds is 7. The molecule has 5 aromatic rings. The first kappa shape index (κ1) is 22.9. The Bertz CT molecular complexity index is 1520. The van der Waals surface area contributed by atoms with Gasteiger partial charge in [0.1, 0.15) is 29.3 Å². The SMILES string of the molecule is Cc1nnc(C2CCC(Nc3ncnc4[nH]cc(C(=O)c5ccc(Oc6ccccc6)cc5)c34)CC2)o1. The fraction of sp³-hybridized carbons (Fsp3) is 0.250. The summed E-state index contributed by atoms with van der Waals surface area (Å²) in [5.74, 6) is 3.57. The van der Waals surface area contributed by atoms with E-state index in [1.807, 2.05) is 37.3 Å². The lowest BCUT2D eigenvalue weighted by atomic mass is 9.86. The molecule has 0 spiro atoms. The van der Waals surface area contributed by atoms with Crippen molar-refractivity contribution in [2.24, 2.45) is 0 Å². The number of carbonyl (C=O) groups excluding carboxylic acids is 1. The first-order chi connectivity index (χ1) is 18.1. The number of H-pyrrole nitrogens is 1. The summed E-state index contributed by atoms with van der Waals surface area (Å²) in [4.78, 5) is 25.4. The van der Waals surface area contributed by atoms with E-state index >= 15 is 0 Å². The fourth-order valence-electron chi connectivity index (χ4n) is 4.86. The van der Waals surface area contributed by atoms with E-state index in [2.05, 4.69) is 30.5 Å². The summed E-state index contributed by atoms with van der Waals surface area (Å²) in [6.45, 7) is 1.81. The second kappa shape index (κ2) is 9.85. The van der Waals surface area contributed by atoms with Crippen LogP contribution in [0.25, 0.3) is 11.0 Å². The molecule has 1 fully saturated rings. The van der Waals surface area contributed by atoms with E-state index in [9.17, 15) is 4.79 Å². The number of nitrogens with one attached hydrogen (secondary N) is 2. The van der Waals surface area contributed by atoms with Crippen LogP contribution < -0.4 is 10.1 Å². The van der Waals surface area contributed by atoms with Gasteiger partial charge in [-0.25, -0.2) is 9.97 Å². The first-order valence-corrected chi connectivity index (χ1v) is 12.4. The lowest BCUT2D eigenvalue weighted by molar-refractivity contribution is 0.104. The molecule has 0 amide bonds. The third-order valence-corrected chi connectivity index (χ3v) is 6.77. The van der Waals surface area contributed by atoms with Crippen LogP contribution in [-0.4, -0.2) is 37.0 Å². The summed E-state index contributed by atoms with van der Waals surface area (Å²) in [6.07, 6.45) is 6.99. The minimum Gasteiger partial charge on any atom is -0.457 e. The van der Waals surface area contributed by atoms with E-state index in [0.717, 1.165) is 37.3 Å². The quantitative estimate of drug-likeness (QED) is 0.272. The molecule has 186 valence electrons. The van der Waals surface area contributed by atoms with Crippen LogP contribution in [0, 0.1) is 6.92 Å². The van der Waals surface area contributed by atoms with E-state index in [4.69, 9.17) is 9.15 Å². The van der Waals surface area contributed by atoms with Gasteiger partial charge in [0, 0.05) is 30.6 Å². The zero-order valence-electron chi connectivity index (χ0n) is 20.3. The standard InChI is InChI=1S/C28H26N6O3/c1-17-33-34-28(36-17)19-7-11-20(12-8-19)32-27-24-23(15-29-26(24)30-16-31-27)25(35)18-9-13-22(14-10-18)37-21-5-3-2-4-6-21/h2-6,9-10,13-16,19-20H,7-8,11-12H2,1H3,(H2,29,30,31,32). The van der Waals surface area contributed by atoms with Crippen LogP contribution in [0.3, 0.4) is 0 Å². The average molecular weight is 495 g/mol. The highest BCUT2D eigenvalue weighted by Gasteiger charge is 2.27. The van der Waals surface area contributed by atoms with Crippen molar-refractivity contribution in [3.63, 3.8) is 0 Å². The van der Waals surface area contributed by atoms with Gasteiger partial charge in [0.25, 0.3) is 0 Å². The molecule has 0 bridgehead atoms. The molecule has 6 rings (SSSR count). The molecule has 0 radical (unpaired) electrons. The van der Waals surface area contributed by atoms with Crippen molar-refractivity contribution >= 4 is 22.6 Å². The molecular formula is C28H26N6O3. The molecule has 1 aliphatic carbocycles. The Hall–Kier alpha value is -4.53. The zero-order valence-corrected chi connectivity index (χ0v) is 20.3. The van der Waals surface area contributed by atoms with Gasteiger partial charge in [-0.05, 0) is 62.1 Å². The Balaban J connectivity index is 1.18. The molecule has 1 saturated carbocycles. The molecule has 0 unspecified atom stereocenters. The van der Waals surface area contributed by atoms with Crippen LogP contribution in [0.4, 0.5) is 5.82 Å². The Kier molecular flexibility index (Phi) is 6.10. The Morgan fingerprint density at radius 1 is 0.973 bits per heavy atom. The summed E-state index contributed by atoms with van der Waals surface area (Å²) in [6, 6.07) is 16.9. The number of aryl methyl sites for hydroxylation is 1. The van der Waals surface area contributed by atoms with Gasteiger partial charge in [-0.15, -0.1) is 10.2 Å². The lowest BCUT2D eigenvalue weighted by Crippen LogP contribution is -2.26. The van der Waals surface area contributed by atoms with Gasteiger partial charge in [0.2, 0.25) is 11.8 Å². The predicted octanol–water partition coefficient (Wildman–Crippen LogP) is 5.81. The minimum atomic E-state index is -0.106. The van der Waals surface area contributed by atoms with Gasteiger partial charge in [0.15, 0.2) is 5.78 Å². The van der Waals surface area contributed by atoms with Crippen molar-refractivity contribution in [1.82, 2.24) is 25.1 Å². The molecule has 1 aliphatic rings. The molecule has 0 aliphatic heterocycles. The monoisotopic (exact) mass is 494 g/mol. The number of ether oxygens (including phenoxy) is 1. The smallest absolute Gasteiger partial charge is 0.219 e. The number of fused-ring (bicyclic) bond motifs is 1. The molecule has 0 saturated heterocycles. The Morgan fingerprint density at radius 2 is 1.73 bits per heavy atom. The van der Waals surface area contributed by atoms with Crippen LogP contribution in [-0.2, 0) is 0 Å². The highest BCUT2D eigenvalue weighted by atomic mass is 16.5. The van der Waals surface area contributed by atoms with Gasteiger partial charge >= 0.3 is 0 Å². The third-order valence-electron chi connectivity index (χ3n) is 6.77. The number of carbonyl (C=O) groups is 1. The van der Waals surface area contributed by atoms with Gasteiger partial charge in [0.05, 0.1) is 10.9 Å². The maximum Gasteiger partial charge on any atom is 0.219 e. The van der Waals surface area contributed by atoms with Crippen LogP contribution >= 0.6 is 0 Å². The third kappa shape index (κ3) is 4.80. The van der Waals surface area contributed by atoms with Crippen LogP contribution in [0.15, 0.2) is 71.5 Å². The molecule has 3 heterocycles. The average Bonchev–Trinajstić information content (AvgIpc) is 3.57. The summed E-state index contributed by atoms with van der Waals surface area (Å²) < 4.78 is 11.5. The number of hydrogen-bond acceptors (Lipinski definition) is 8. The summed E-state index contributed by atoms with van der Waals surface area (Å²) in [5, 5.41) is 12.4. The lowest BCUT2D eigenvalue weighted by Gasteiger charge is -2.27. The molecule has 3 aromatic heterocycles. The molecule has 2 aromatic carbocycles. The van der Waals surface area contributed by atoms with Crippen molar-refractivity contribution < 1.29 is 13.9 Å². The Morgan fingerprint density at radius 3 is 2.46 bits per heavy atom. The minimum absolute atomic E-state index is 0.106. The van der Waals surface area contributed by atoms with Crippen molar-refractivity contribution in [3.8, 4) is 11.5 Å². The predicted molar refractivity (Wildman–Crippen MR) is 138 cm³/mol. The normalized spacial score (nSPS) is 17.5. The van der Waals surface area contributed by atoms with E-state index in [-0.39, 0.29) is 17.7 Å². The highest BCUT2D eigenvalue weighted by molar-refractivity contribution is 6.18. The van der Waals surface area contributed by atoms with Gasteiger partial charge < -0.3 is 19.5 Å². The van der Waals surface area contributed by atoms with Crippen molar-refractivity contribution in [1.29, 1.82) is 0 Å². The van der Waals surface area contributed by atoms with Crippen molar-refractivity contribution in [3.05, 3.63) is 90.0 Å². The van der Waals surface area contributed by atoms with E-state index in [1.54, 1.807) is 30.5 Å². The second-order valence-electron chi connectivity index (χ2n) is 9.27. The number of anilines is 1. The molecule has 37 heavy (non-hydrogen) atoms. The maximum atomic E-state index is 13.5. The molecular weight excluding hydrogens is 468 g/mol. The largest absolute Gasteiger partial charge is 0.457 e. The topological polar surface area (TPSA) is 119 Å². The highest BCUT2D eigenvalue weighted by Crippen LogP contribution is 2.34. The van der Waals surface area contributed by atoms with Crippen molar-refractivity contribution in [2.75, 3.05) is 5.32 Å².